The Hall–Kier alpha value is -3.42. The lowest BCUT2D eigenvalue weighted by Gasteiger charge is -2.33. The second kappa shape index (κ2) is 10.0. The summed E-state index contributed by atoms with van der Waals surface area (Å²) < 4.78 is 26.9. The van der Waals surface area contributed by atoms with Gasteiger partial charge in [0.1, 0.15) is 5.84 Å². The van der Waals surface area contributed by atoms with E-state index in [-0.39, 0.29) is 59.2 Å². The number of rotatable bonds is 9. The largest absolute Gasteiger partial charge is 0.490 e. The number of carbonyl (C=O) groups is 2. The number of fused-ring (bicyclic) bond motifs is 1. The van der Waals surface area contributed by atoms with E-state index in [9.17, 15) is 9.59 Å². The average Bonchev–Trinajstić information content (AvgIpc) is 3.64. The smallest absolute Gasteiger partial charge is 0.251 e. The molecule has 2 N–H and O–H groups in total. The maximum absolute atomic E-state index is 15.7. The van der Waals surface area contributed by atoms with Gasteiger partial charge in [0.05, 0.1) is 30.9 Å². The molecule has 0 unspecified atom stereocenters. The first-order valence-electron chi connectivity index (χ1n) is 13.3. The van der Waals surface area contributed by atoms with E-state index in [4.69, 9.17) is 14.9 Å². The van der Waals surface area contributed by atoms with Crippen LogP contribution in [0.2, 0.25) is 0 Å². The highest BCUT2D eigenvalue weighted by atomic mass is 19.1. The highest BCUT2D eigenvalue weighted by molar-refractivity contribution is 6.07. The summed E-state index contributed by atoms with van der Waals surface area (Å²) in [6, 6.07) is 7.19. The van der Waals surface area contributed by atoms with Gasteiger partial charge in [0.15, 0.2) is 23.1 Å². The number of hydrogen-bond acceptors (Lipinski definition) is 5. The highest BCUT2D eigenvalue weighted by Gasteiger charge is 2.45. The highest BCUT2D eigenvalue weighted by Crippen LogP contribution is 2.46. The predicted octanol–water partition coefficient (Wildman–Crippen LogP) is 5.57. The number of Topliss-reactive ketones (excluding diaryl/α,β-unsaturated/α-hetero) is 1. The molecule has 8 heteroatoms. The van der Waals surface area contributed by atoms with Crippen molar-refractivity contribution in [2.45, 2.75) is 78.3 Å². The molecule has 0 bridgehead atoms. The molecule has 7 nitrogen and oxygen atoms in total. The van der Waals surface area contributed by atoms with Crippen molar-refractivity contribution in [2.75, 3.05) is 19.8 Å². The van der Waals surface area contributed by atoms with Gasteiger partial charge in [-0.3, -0.25) is 15.0 Å². The summed E-state index contributed by atoms with van der Waals surface area (Å²) in [6.45, 7) is 13.8. The lowest BCUT2D eigenvalue weighted by molar-refractivity contribution is 0.0920. The molecule has 4 rings (SSSR count). The second-order valence-electron chi connectivity index (χ2n) is 11.5. The van der Waals surface area contributed by atoms with E-state index in [1.54, 1.807) is 24.0 Å². The fourth-order valence-electron chi connectivity index (χ4n) is 4.78. The molecule has 0 spiro atoms. The molecule has 0 saturated heterocycles. The van der Waals surface area contributed by atoms with Gasteiger partial charge < -0.3 is 19.7 Å². The van der Waals surface area contributed by atoms with Gasteiger partial charge in [-0.15, -0.1) is 0 Å². The molecule has 1 amide bonds. The van der Waals surface area contributed by atoms with Crippen LogP contribution in [0, 0.1) is 11.2 Å². The quantitative estimate of drug-likeness (QED) is 0.419. The first-order valence-corrected chi connectivity index (χ1v) is 13.3. The molecule has 1 heterocycles. The maximum atomic E-state index is 15.7. The zero-order valence-electron chi connectivity index (χ0n) is 23.4. The van der Waals surface area contributed by atoms with E-state index in [1.165, 1.54) is 0 Å². The Morgan fingerprint density at radius 1 is 1.08 bits per heavy atom. The number of halogens is 1. The second-order valence-corrected chi connectivity index (χ2v) is 11.5. The van der Waals surface area contributed by atoms with Gasteiger partial charge in [0.2, 0.25) is 0 Å². The minimum absolute atomic E-state index is 0.0222. The van der Waals surface area contributed by atoms with Gasteiger partial charge in [-0.2, -0.15) is 0 Å². The van der Waals surface area contributed by atoms with Crippen molar-refractivity contribution in [3.05, 3.63) is 57.9 Å². The van der Waals surface area contributed by atoms with Crippen LogP contribution in [0.5, 0.6) is 11.5 Å². The summed E-state index contributed by atoms with van der Waals surface area (Å²) in [4.78, 5) is 28.2. The summed E-state index contributed by atoms with van der Waals surface area (Å²) in [5.74, 6) is -0.927. The summed E-state index contributed by atoms with van der Waals surface area (Å²) in [5.41, 5.74) is 1.25. The standard InChI is InChI=1S/C30H38FN3O4/c1-8-37-23-15-21-24(25(31)26(23)38-9-2)27(32)34(30(21,6)7)16-22(35)17-12-18(28(36)33-20-10-11-20)14-19(13-17)29(3,4)5/h12-15,20,32H,8-11,16H2,1-7H3,(H,33,36). The molecule has 0 atom stereocenters. The zero-order chi connectivity index (χ0) is 28.0. The lowest BCUT2D eigenvalue weighted by atomic mass is 9.84. The van der Waals surface area contributed by atoms with Crippen LogP contribution in [-0.4, -0.2) is 48.2 Å². The van der Waals surface area contributed by atoms with Crippen molar-refractivity contribution in [3.63, 3.8) is 0 Å². The van der Waals surface area contributed by atoms with Crippen LogP contribution in [0.1, 0.15) is 98.7 Å². The van der Waals surface area contributed by atoms with E-state index in [0.717, 1.165) is 18.4 Å². The number of nitrogens with one attached hydrogen (secondary N) is 2. The summed E-state index contributed by atoms with van der Waals surface area (Å²) in [6.07, 6.45) is 1.94. The Balaban J connectivity index is 1.70. The Morgan fingerprint density at radius 2 is 1.71 bits per heavy atom. The molecule has 1 aliphatic heterocycles. The summed E-state index contributed by atoms with van der Waals surface area (Å²) in [5, 5.41) is 11.8. The minimum Gasteiger partial charge on any atom is -0.490 e. The number of amides is 1. The van der Waals surface area contributed by atoms with Crippen LogP contribution < -0.4 is 14.8 Å². The van der Waals surface area contributed by atoms with E-state index in [1.807, 2.05) is 53.7 Å². The monoisotopic (exact) mass is 523 g/mol. The predicted molar refractivity (Wildman–Crippen MR) is 145 cm³/mol. The third-order valence-corrected chi connectivity index (χ3v) is 7.21. The molecule has 2 aliphatic rings. The molecular weight excluding hydrogens is 485 g/mol. The normalized spacial score (nSPS) is 16.3. The molecule has 2 aromatic carbocycles. The topological polar surface area (TPSA) is 91.7 Å². The number of ketones is 1. The lowest BCUT2D eigenvalue weighted by Crippen LogP contribution is -2.42. The van der Waals surface area contributed by atoms with Crippen molar-refractivity contribution in [2.24, 2.45) is 0 Å². The van der Waals surface area contributed by atoms with E-state index in [2.05, 4.69) is 5.32 Å². The average molecular weight is 524 g/mol. The van der Waals surface area contributed by atoms with E-state index < -0.39 is 11.4 Å². The summed E-state index contributed by atoms with van der Waals surface area (Å²) in [7, 11) is 0. The molecule has 38 heavy (non-hydrogen) atoms. The Labute approximate surface area is 224 Å². The number of benzene rings is 2. The first-order chi connectivity index (χ1) is 17.8. The molecule has 1 saturated carbocycles. The molecular formula is C30H38FN3O4. The SMILES string of the molecule is CCOc1cc2c(c(F)c1OCC)C(=N)N(CC(=O)c1cc(C(=O)NC3CC3)cc(C(C)(C)C)c1)C2(C)C. The molecule has 0 radical (unpaired) electrons. The number of nitrogens with zero attached hydrogens (tertiary/aromatic N) is 1. The van der Waals surface area contributed by atoms with Crippen LogP contribution in [-0.2, 0) is 11.0 Å². The molecule has 1 aliphatic carbocycles. The molecule has 1 fully saturated rings. The third kappa shape index (κ3) is 5.13. The van der Waals surface area contributed by atoms with Crippen molar-refractivity contribution in [1.82, 2.24) is 10.2 Å². The third-order valence-electron chi connectivity index (χ3n) is 7.21. The maximum Gasteiger partial charge on any atom is 0.251 e. The fourth-order valence-corrected chi connectivity index (χ4v) is 4.78. The molecule has 0 aromatic heterocycles. The van der Waals surface area contributed by atoms with E-state index >= 15 is 4.39 Å². The first kappa shape index (κ1) is 27.6. The number of carbonyl (C=O) groups excluding carboxylic acids is 2. The Kier molecular flexibility index (Phi) is 7.30. The van der Waals surface area contributed by atoms with Gasteiger partial charge in [-0.05, 0) is 81.3 Å². The molecule has 2 aromatic rings. The number of ether oxygens (including phenoxy) is 2. The van der Waals surface area contributed by atoms with Crippen LogP contribution >= 0.6 is 0 Å². The van der Waals surface area contributed by atoms with Gasteiger partial charge >= 0.3 is 0 Å². The van der Waals surface area contributed by atoms with Crippen molar-refractivity contribution in [3.8, 4) is 11.5 Å². The van der Waals surface area contributed by atoms with E-state index in [0.29, 0.717) is 23.3 Å². The number of amidine groups is 1. The van der Waals surface area contributed by atoms with Gasteiger partial charge in [-0.1, -0.05) is 20.8 Å². The van der Waals surface area contributed by atoms with Crippen molar-refractivity contribution in [1.29, 1.82) is 5.41 Å². The van der Waals surface area contributed by atoms with Gasteiger partial charge in [-0.25, -0.2) is 4.39 Å². The van der Waals surface area contributed by atoms with Crippen LogP contribution in [0.15, 0.2) is 24.3 Å². The zero-order valence-corrected chi connectivity index (χ0v) is 23.4. The number of hydrogen-bond donors (Lipinski definition) is 2. The van der Waals surface area contributed by atoms with Crippen LogP contribution in [0.4, 0.5) is 4.39 Å². The van der Waals surface area contributed by atoms with Crippen molar-refractivity contribution < 1.29 is 23.5 Å². The summed E-state index contributed by atoms with van der Waals surface area (Å²) >= 11 is 0. The van der Waals surface area contributed by atoms with Crippen LogP contribution in [0.25, 0.3) is 0 Å². The fraction of sp³-hybridized carbons (Fsp3) is 0.500. The van der Waals surface area contributed by atoms with Gasteiger partial charge in [0.25, 0.3) is 5.91 Å². The minimum atomic E-state index is -0.854. The Bertz CT molecular complexity index is 1290. The van der Waals surface area contributed by atoms with Crippen LogP contribution in [0.3, 0.4) is 0 Å². The molecule has 204 valence electrons. The van der Waals surface area contributed by atoms with Crippen molar-refractivity contribution >= 4 is 17.5 Å². The Morgan fingerprint density at radius 3 is 2.29 bits per heavy atom. The van der Waals surface area contributed by atoms with Gasteiger partial charge in [0, 0.05) is 17.2 Å².